The molecule has 10 heavy (non-hydrogen) atoms. The van der Waals surface area contributed by atoms with Crippen LogP contribution in [-0.2, 0) is 0 Å². The predicted octanol–water partition coefficient (Wildman–Crippen LogP) is 1.58. The van der Waals surface area contributed by atoms with Crippen molar-refractivity contribution in [3.05, 3.63) is 12.2 Å². The highest BCUT2D eigenvalue weighted by Crippen LogP contribution is 2.51. The third-order valence-electron chi connectivity index (χ3n) is 3.02. The van der Waals surface area contributed by atoms with E-state index in [0.717, 1.165) is 0 Å². The smallest absolute Gasteiger partial charge is 0.0465 e. The zero-order valence-corrected chi connectivity index (χ0v) is 6.38. The number of aliphatic hydroxyl groups is 1. The largest absolute Gasteiger partial charge is 0.396 e. The van der Waals surface area contributed by atoms with E-state index < -0.39 is 0 Å². The molecule has 0 aliphatic heterocycles. The van der Waals surface area contributed by atoms with Gasteiger partial charge in [0.2, 0.25) is 0 Å². The van der Waals surface area contributed by atoms with Crippen molar-refractivity contribution in [3.63, 3.8) is 0 Å². The van der Waals surface area contributed by atoms with Crippen LogP contribution in [0.15, 0.2) is 12.2 Å². The van der Waals surface area contributed by atoms with E-state index in [2.05, 4.69) is 19.1 Å². The second-order valence-electron chi connectivity index (χ2n) is 4.03. The Balaban J connectivity index is 2.18. The molecule has 2 bridgehead atoms. The Labute approximate surface area is 61.8 Å². The van der Waals surface area contributed by atoms with Gasteiger partial charge in [0.05, 0.1) is 0 Å². The molecule has 0 heterocycles. The van der Waals surface area contributed by atoms with Crippen LogP contribution in [0.5, 0.6) is 0 Å². The fourth-order valence-electron chi connectivity index (χ4n) is 2.46. The maximum absolute atomic E-state index is 8.97. The first kappa shape index (κ1) is 6.41. The summed E-state index contributed by atoms with van der Waals surface area (Å²) in [5.74, 6) is 1.25. The molecule has 0 aromatic rings. The monoisotopic (exact) mass is 138 g/mol. The third kappa shape index (κ3) is 0.734. The maximum Gasteiger partial charge on any atom is 0.0465 e. The van der Waals surface area contributed by atoms with Crippen LogP contribution in [0.3, 0.4) is 0 Å². The first-order valence-electron chi connectivity index (χ1n) is 4.04. The first-order chi connectivity index (χ1) is 4.73. The lowest BCUT2D eigenvalue weighted by atomic mass is 9.87. The number of hydrogen-bond donors (Lipinski definition) is 1. The van der Waals surface area contributed by atoms with Crippen LogP contribution in [0, 0.1) is 17.3 Å². The fraction of sp³-hybridized carbons (Fsp3) is 0.778. The summed E-state index contributed by atoms with van der Waals surface area (Å²) in [6.07, 6.45) is 7.08. The molecule has 1 nitrogen and oxygen atoms in total. The molecule has 0 amide bonds. The zero-order chi connectivity index (χ0) is 7.19. The Morgan fingerprint density at radius 1 is 1.60 bits per heavy atom. The molecule has 0 spiro atoms. The SMILES string of the molecule is CC12C=CC(C1)C(CO)C2. The lowest BCUT2D eigenvalue weighted by Gasteiger charge is -2.19. The lowest BCUT2D eigenvalue weighted by Crippen LogP contribution is -2.13. The average molecular weight is 138 g/mol. The second-order valence-corrected chi connectivity index (χ2v) is 4.03. The van der Waals surface area contributed by atoms with Gasteiger partial charge in [-0.15, -0.1) is 0 Å². The normalized spacial score (nSPS) is 50.6. The van der Waals surface area contributed by atoms with Crippen LogP contribution in [0.1, 0.15) is 19.8 Å². The van der Waals surface area contributed by atoms with E-state index >= 15 is 0 Å². The minimum atomic E-state index is 0.380. The number of rotatable bonds is 1. The van der Waals surface area contributed by atoms with Gasteiger partial charge in [0.25, 0.3) is 0 Å². The Kier molecular flexibility index (Phi) is 1.19. The van der Waals surface area contributed by atoms with Gasteiger partial charge in [-0.2, -0.15) is 0 Å². The average Bonchev–Trinajstić information content (AvgIpc) is 2.41. The molecular weight excluding hydrogens is 124 g/mol. The van der Waals surface area contributed by atoms with Gasteiger partial charge in [-0.1, -0.05) is 19.1 Å². The van der Waals surface area contributed by atoms with Gasteiger partial charge in [0, 0.05) is 6.61 Å². The molecule has 0 saturated heterocycles. The summed E-state index contributed by atoms with van der Waals surface area (Å²) in [6.45, 7) is 2.67. The lowest BCUT2D eigenvalue weighted by molar-refractivity contribution is 0.201. The van der Waals surface area contributed by atoms with Crippen LogP contribution >= 0.6 is 0 Å². The van der Waals surface area contributed by atoms with Crippen molar-refractivity contribution < 1.29 is 5.11 Å². The molecule has 1 saturated carbocycles. The Bertz CT molecular complexity index is 174. The highest BCUT2D eigenvalue weighted by Gasteiger charge is 2.42. The molecule has 1 heteroatoms. The van der Waals surface area contributed by atoms with Gasteiger partial charge in [-0.05, 0) is 30.1 Å². The van der Waals surface area contributed by atoms with E-state index in [4.69, 9.17) is 5.11 Å². The van der Waals surface area contributed by atoms with Crippen molar-refractivity contribution in [2.24, 2.45) is 17.3 Å². The van der Waals surface area contributed by atoms with Gasteiger partial charge in [-0.25, -0.2) is 0 Å². The van der Waals surface area contributed by atoms with Gasteiger partial charge < -0.3 is 5.11 Å². The Hall–Kier alpha value is -0.300. The van der Waals surface area contributed by atoms with Crippen molar-refractivity contribution in [1.82, 2.24) is 0 Å². The molecule has 0 aromatic carbocycles. The van der Waals surface area contributed by atoms with Crippen LogP contribution in [0.4, 0.5) is 0 Å². The van der Waals surface area contributed by atoms with Crippen molar-refractivity contribution >= 4 is 0 Å². The molecule has 0 radical (unpaired) electrons. The molecule has 0 aromatic heterocycles. The summed E-state index contributed by atoms with van der Waals surface area (Å²) in [5.41, 5.74) is 0.443. The van der Waals surface area contributed by atoms with Gasteiger partial charge >= 0.3 is 0 Å². The topological polar surface area (TPSA) is 20.2 Å². The van der Waals surface area contributed by atoms with E-state index in [-0.39, 0.29) is 0 Å². The van der Waals surface area contributed by atoms with Crippen LogP contribution in [0.2, 0.25) is 0 Å². The summed E-state index contributed by atoms with van der Waals surface area (Å²) < 4.78 is 0. The minimum Gasteiger partial charge on any atom is -0.396 e. The van der Waals surface area contributed by atoms with E-state index in [1.165, 1.54) is 12.8 Å². The molecule has 3 atom stereocenters. The van der Waals surface area contributed by atoms with Crippen molar-refractivity contribution in [1.29, 1.82) is 0 Å². The summed E-state index contributed by atoms with van der Waals surface area (Å²) in [4.78, 5) is 0. The standard InChI is InChI=1S/C9H14O/c1-9-3-2-7(4-9)8(5-9)6-10/h2-3,7-8,10H,4-6H2,1H3. The van der Waals surface area contributed by atoms with E-state index in [1.807, 2.05) is 0 Å². The summed E-state index contributed by atoms with van der Waals surface area (Å²) in [6, 6.07) is 0. The maximum atomic E-state index is 8.97. The minimum absolute atomic E-state index is 0.380. The number of aliphatic hydroxyl groups excluding tert-OH is 1. The van der Waals surface area contributed by atoms with Crippen molar-refractivity contribution in [2.45, 2.75) is 19.8 Å². The van der Waals surface area contributed by atoms with Gasteiger partial charge in [0.15, 0.2) is 0 Å². The highest BCUT2D eigenvalue weighted by molar-refractivity contribution is 5.16. The van der Waals surface area contributed by atoms with Crippen LogP contribution in [-0.4, -0.2) is 11.7 Å². The quantitative estimate of drug-likeness (QED) is 0.545. The van der Waals surface area contributed by atoms with Gasteiger partial charge in [-0.3, -0.25) is 0 Å². The number of fused-ring (bicyclic) bond motifs is 2. The second kappa shape index (κ2) is 1.85. The van der Waals surface area contributed by atoms with E-state index in [1.54, 1.807) is 0 Å². The molecule has 3 unspecified atom stereocenters. The highest BCUT2D eigenvalue weighted by atomic mass is 16.3. The molecule has 2 rings (SSSR count). The van der Waals surface area contributed by atoms with E-state index in [0.29, 0.717) is 23.9 Å². The molecule has 2 aliphatic rings. The zero-order valence-electron chi connectivity index (χ0n) is 6.38. The Morgan fingerprint density at radius 2 is 2.40 bits per heavy atom. The summed E-state index contributed by atoms with van der Waals surface area (Å²) in [7, 11) is 0. The Morgan fingerprint density at radius 3 is 2.70 bits per heavy atom. The van der Waals surface area contributed by atoms with Gasteiger partial charge in [0.1, 0.15) is 0 Å². The predicted molar refractivity (Wildman–Crippen MR) is 40.5 cm³/mol. The fourth-order valence-corrected chi connectivity index (χ4v) is 2.46. The number of hydrogen-bond acceptors (Lipinski definition) is 1. The third-order valence-corrected chi connectivity index (χ3v) is 3.02. The molecule has 1 fully saturated rings. The van der Waals surface area contributed by atoms with Crippen LogP contribution in [0.25, 0.3) is 0 Å². The number of allylic oxidation sites excluding steroid dienone is 2. The van der Waals surface area contributed by atoms with E-state index in [9.17, 15) is 0 Å². The molecule has 1 N–H and O–H groups in total. The summed E-state index contributed by atoms with van der Waals surface area (Å²) in [5, 5.41) is 8.97. The summed E-state index contributed by atoms with van der Waals surface area (Å²) >= 11 is 0. The van der Waals surface area contributed by atoms with Crippen molar-refractivity contribution in [3.8, 4) is 0 Å². The van der Waals surface area contributed by atoms with Crippen LogP contribution < -0.4 is 0 Å². The molecule has 56 valence electrons. The molecule has 2 aliphatic carbocycles. The van der Waals surface area contributed by atoms with Crippen molar-refractivity contribution in [2.75, 3.05) is 6.61 Å². The first-order valence-corrected chi connectivity index (χ1v) is 4.04. The molecular formula is C9H14O.